The molecule has 1 saturated carbocycles. The van der Waals surface area contributed by atoms with Crippen LogP contribution in [0.4, 0.5) is 11.6 Å². The fourth-order valence-corrected chi connectivity index (χ4v) is 4.31. The molecule has 4 rings (SSSR count). The molecule has 0 saturated heterocycles. The maximum atomic E-state index is 12.2. The maximum Gasteiger partial charge on any atom is 0.245 e. The topological polar surface area (TPSA) is 87.6 Å². The van der Waals surface area contributed by atoms with E-state index in [0.717, 1.165) is 54.9 Å². The van der Waals surface area contributed by atoms with Crippen molar-refractivity contribution in [3.63, 3.8) is 0 Å². The number of anilines is 2. The summed E-state index contributed by atoms with van der Waals surface area (Å²) in [6.07, 6.45) is 6.36. The number of hydrogen-bond donors (Lipinski definition) is 2. The van der Waals surface area contributed by atoms with E-state index in [9.17, 15) is 9.90 Å². The smallest absolute Gasteiger partial charge is 0.245 e. The van der Waals surface area contributed by atoms with E-state index in [2.05, 4.69) is 15.2 Å². The summed E-state index contributed by atoms with van der Waals surface area (Å²) in [5, 5.41) is 13.0. The van der Waals surface area contributed by atoms with Crippen molar-refractivity contribution in [2.45, 2.75) is 51.2 Å². The Hall–Kier alpha value is -2.51. The van der Waals surface area contributed by atoms with Crippen LogP contribution in [-0.4, -0.2) is 47.3 Å². The van der Waals surface area contributed by atoms with Crippen molar-refractivity contribution in [1.29, 1.82) is 0 Å². The molecule has 2 N–H and O–H groups in total. The number of methoxy groups -OCH3 is 1. The maximum absolute atomic E-state index is 12.2. The average molecular weight is 411 g/mol. The van der Waals surface area contributed by atoms with E-state index in [1.165, 1.54) is 0 Å². The molecule has 1 fully saturated rings. The molecule has 0 bridgehead atoms. The predicted molar refractivity (Wildman–Crippen MR) is 116 cm³/mol. The molecule has 1 aromatic heterocycles. The number of rotatable bonds is 5. The molecule has 7 heteroatoms. The summed E-state index contributed by atoms with van der Waals surface area (Å²) in [5.41, 5.74) is 1.64. The normalized spacial score (nSPS) is 21.9. The zero-order chi connectivity index (χ0) is 21.3. The molecule has 0 spiro atoms. The van der Waals surface area contributed by atoms with Gasteiger partial charge in [0, 0.05) is 19.2 Å². The number of carbonyl (C=O) groups is 1. The number of fused-ring (bicyclic) bond motifs is 1. The minimum Gasteiger partial charge on any atom is -0.386 e. The quantitative estimate of drug-likeness (QED) is 0.786. The standard InChI is InChI=1S/C23H30N4O3/c1-23(2,29)17-8-6-16(7-9-17)19-12-24-21-22(25-19)27(14-20(28)26-21)13-15-4-10-18(30-3)11-5-15/h6-9,12,15,18,29H,4-5,10-11,13-14H2,1-3H3,(H,24,26,28)/t15-,18-. The Morgan fingerprint density at radius 1 is 1.20 bits per heavy atom. The van der Waals surface area contributed by atoms with Gasteiger partial charge in [-0.3, -0.25) is 4.79 Å². The Balaban J connectivity index is 1.56. The summed E-state index contributed by atoms with van der Waals surface area (Å²) in [5.74, 6) is 1.72. The summed E-state index contributed by atoms with van der Waals surface area (Å²) < 4.78 is 5.48. The van der Waals surface area contributed by atoms with E-state index in [4.69, 9.17) is 9.72 Å². The minimum atomic E-state index is -0.886. The summed E-state index contributed by atoms with van der Waals surface area (Å²) in [6, 6.07) is 7.71. The lowest BCUT2D eigenvalue weighted by Crippen LogP contribution is -2.42. The molecule has 2 aromatic rings. The second kappa shape index (κ2) is 8.32. The highest BCUT2D eigenvalue weighted by Gasteiger charge is 2.29. The third-order valence-electron chi connectivity index (χ3n) is 6.14. The highest BCUT2D eigenvalue weighted by Crippen LogP contribution is 2.33. The Morgan fingerprint density at radius 3 is 2.53 bits per heavy atom. The van der Waals surface area contributed by atoms with Crippen LogP contribution in [0.2, 0.25) is 0 Å². The zero-order valence-corrected chi connectivity index (χ0v) is 17.9. The van der Waals surface area contributed by atoms with E-state index in [1.54, 1.807) is 27.2 Å². The van der Waals surface area contributed by atoms with Gasteiger partial charge in [-0.05, 0) is 51.0 Å². The number of nitrogens with zero attached hydrogens (tertiary/aromatic N) is 3. The van der Waals surface area contributed by atoms with Crippen LogP contribution in [0.3, 0.4) is 0 Å². The van der Waals surface area contributed by atoms with E-state index in [1.807, 2.05) is 24.3 Å². The molecule has 2 aliphatic rings. The van der Waals surface area contributed by atoms with Crippen molar-refractivity contribution in [3.8, 4) is 11.3 Å². The van der Waals surface area contributed by atoms with Crippen LogP contribution in [0.15, 0.2) is 30.5 Å². The molecule has 0 atom stereocenters. The van der Waals surface area contributed by atoms with Crippen LogP contribution in [-0.2, 0) is 15.1 Å². The summed E-state index contributed by atoms with van der Waals surface area (Å²) in [6.45, 7) is 4.63. The number of hydrogen-bond acceptors (Lipinski definition) is 6. The molecule has 7 nitrogen and oxygen atoms in total. The van der Waals surface area contributed by atoms with Crippen LogP contribution >= 0.6 is 0 Å². The van der Waals surface area contributed by atoms with Crippen LogP contribution < -0.4 is 10.2 Å². The summed E-state index contributed by atoms with van der Waals surface area (Å²) >= 11 is 0. The number of nitrogens with one attached hydrogen (secondary N) is 1. The lowest BCUT2D eigenvalue weighted by Gasteiger charge is -2.35. The van der Waals surface area contributed by atoms with Gasteiger partial charge in [-0.25, -0.2) is 9.97 Å². The van der Waals surface area contributed by atoms with Gasteiger partial charge in [-0.15, -0.1) is 0 Å². The van der Waals surface area contributed by atoms with Gasteiger partial charge in [0.05, 0.1) is 30.1 Å². The fourth-order valence-electron chi connectivity index (χ4n) is 4.31. The van der Waals surface area contributed by atoms with Gasteiger partial charge in [-0.2, -0.15) is 0 Å². The molecular weight excluding hydrogens is 380 g/mol. The summed E-state index contributed by atoms with van der Waals surface area (Å²) in [7, 11) is 1.78. The van der Waals surface area contributed by atoms with E-state index in [0.29, 0.717) is 24.4 Å². The van der Waals surface area contributed by atoms with Crippen molar-refractivity contribution < 1.29 is 14.6 Å². The van der Waals surface area contributed by atoms with Gasteiger partial charge in [0.1, 0.15) is 0 Å². The first kappa shape index (κ1) is 20.8. The molecule has 0 radical (unpaired) electrons. The number of benzene rings is 1. The lowest BCUT2D eigenvalue weighted by molar-refractivity contribution is -0.115. The molecule has 160 valence electrons. The first-order valence-electron chi connectivity index (χ1n) is 10.6. The van der Waals surface area contributed by atoms with Crippen molar-refractivity contribution >= 4 is 17.5 Å². The van der Waals surface area contributed by atoms with Gasteiger partial charge in [0.25, 0.3) is 0 Å². The van der Waals surface area contributed by atoms with Crippen molar-refractivity contribution in [2.24, 2.45) is 5.92 Å². The SMILES string of the molecule is CO[C@H]1CC[C@H](CN2CC(=O)Nc3ncc(-c4ccc(C(C)(C)O)cc4)nc32)CC1. The van der Waals surface area contributed by atoms with Crippen molar-refractivity contribution in [3.05, 3.63) is 36.0 Å². The first-order chi connectivity index (χ1) is 14.3. The number of ether oxygens (including phenoxy) is 1. The molecule has 0 unspecified atom stereocenters. The van der Waals surface area contributed by atoms with E-state index < -0.39 is 5.60 Å². The lowest BCUT2D eigenvalue weighted by atomic mass is 9.87. The van der Waals surface area contributed by atoms with Crippen LogP contribution in [0, 0.1) is 5.92 Å². The Labute approximate surface area is 177 Å². The number of aromatic nitrogens is 2. The molecule has 1 aliphatic carbocycles. The average Bonchev–Trinajstić information content (AvgIpc) is 2.73. The third kappa shape index (κ3) is 4.47. The highest BCUT2D eigenvalue weighted by atomic mass is 16.5. The first-order valence-corrected chi connectivity index (χ1v) is 10.6. The van der Waals surface area contributed by atoms with E-state index in [-0.39, 0.29) is 5.91 Å². The number of aliphatic hydroxyl groups is 1. The van der Waals surface area contributed by atoms with Crippen LogP contribution in [0.25, 0.3) is 11.3 Å². The van der Waals surface area contributed by atoms with Gasteiger partial charge in [0.15, 0.2) is 11.6 Å². The van der Waals surface area contributed by atoms with Crippen LogP contribution in [0.1, 0.15) is 45.1 Å². The van der Waals surface area contributed by atoms with Crippen molar-refractivity contribution in [1.82, 2.24) is 9.97 Å². The van der Waals surface area contributed by atoms with Gasteiger partial charge in [0.2, 0.25) is 5.91 Å². The monoisotopic (exact) mass is 410 g/mol. The third-order valence-corrected chi connectivity index (χ3v) is 6.14. The molecule has 2 heterocycles. The minimum absolute atomic E-state index is 0.0512. The van der Waals surface area contributed by atoms with Gasteiger partial charge < -0.3 is 20.1 Å². The number of amides is 1. The Kier molecular flexibility index (Phi) is 5.75. The Morgan fingerprint density at radius 2 is 1.90 bits per heavy atom. The van der Waals surface area contributed by atoms with Crippen molar-refractivity contribution in [2.75, 3.05) is 30.4 Å². The van der Waals surface area contributed by atoms with Crippen LogP contribution in [0.5, 0.6) is 0 Å². The second-order valence-corrected chi connectivity index (χ2v) is 8.87. The second-order valence-electron chi connectivity index (χ2n) is 8.87. The summed E-state index contributed by atoms with van der Waals surface area (Å²) in [4.78, 5) is 23.6. The molecule has 1 aliphatic heterocycles. The largest absolute Gasteiger partial charge is 0.386 e. The fraction of sp³-hybridized carbons (Fsp3) is 0.522. The van der Waals surface area contributed by atoms with Gasteiger partial charge in [-0.1, -0.05) is 24.3 Å². The number of carbonyl (C=O) groups excluding carboxylic acids is 1. The molecular formula is C23H30N4O3. The Bertz CT molecular complexity index is 900. The molecule has 30 heavy (non-hydrogen) atoms. The molecule has 1 amide bonds. The van der Waals surface area contributed by atoms with E-state index >= 15 is 0 Å². The highest BCUT2D eigenvalue weighted by molar-refractivity contribution is 5.99. The van der Waals surface area contributed by atoms with Gasteiger partial charge >= 0.3 is 0 Å². The predicted octanol–water partition coefficient (Wildman–Crippen LogP) is 3.33. The molecule has 1 aromatic carbocycles. The zero-order valence-electron chi connectivity index (χ0n) is 17.9.